The Hall–Kier alpha value is -2.15. The predicted molar refractivity (Wildman–Crippen MR) is 73.6 cm³/mol. The lowest BCUT2D eigenvalue weighted by Gasteiger charge is -2.31. The Labute approximate surface area is 122 Å². The zero-order valence-electron chi connectivity index (χ0n) is 11.9. The van der Waals surface area contributed by atoms with E-state index >= 15 is 0 Å². The van der Waals surface area contributed by atoms with Crippen LogP contribution in [-0.4, -0.2) is 46.1 Å². The smallest absolute Gasteiger partial charge is 0.360 e. The van der Waals surface area contributed by atoms with Gasteiger partial charge in [0.25, 0.3) is 0 Å². The number of ether oxygens (including phenoxy) is 1. The molecule has 1 fully saturated rings. The van der Waals surface area contributed by atoms with Crippen molar-refractivity contribution in [1.82, 2.24) is 19.9 Å². The van der Waals surface area contributed by atoms with Gasteiger partial charge in [-0.25, -0.2) is 9.48 Å². The number of nitrogens with zero attached hydrogens (tertiary/aromatic N) is 4. The number of esters is 1. The first-order chi connectivity index (χ1) is 10.3. The monoisotopic (exact) mass is 290 g/mol. The Morgan fingerprint density at radius 3 is 2.95 bits per heavy atom. The number of aromatic nitrogens is 3. The van der Waals surface area contributed by atoms with Crippen LogP contribution in [-0.2, 0) is 11.3 Å². The van der Waals surface area contributed by atoms with Crippen molar-refractivity contribution >= 4 is 5.97 Å². The average molecular weight is 290 g/mol. The minimum atomic E-state index is -0.448. The van der Waals surface area contributed by atoms with Gasteiger partial charge < -0.3 is 9.15 Å². The first kappa shape index (κ1) is 13.8. The highest BCUT2D eigenvalue weighted by atomic mass is 16.5. The maximum absolute atomic E-state index is 11.4. The van der Waals surface area contributed by atoms with Gasteiger partial charge in [0.1, 0.15) is 5.76 Å². The van der Waals surface area contributed by atoms with E-state index in [9.17, 15) is 4.79 Å². The third-order valence-electron chi connectivity index (χ3n) is 3.80. The quantitative estimate of drug-likeness (QED) is 0.794. The molecule has 2 aromatic heterocycles. The molecule has 1 aliphatic heterocycles. The molecular weight excluding hydrogens is 272 g/mol. The van der Waals surface area contributed by atoms with Gasteiger partial charge >= 0.3 is 5.97 Å². The Morgan fingerprint density at radius 1 is 1.48 bits per heavy atom. The average Bonchev–Trinajstić information content (AvgIpc) is 3.18. The molecule has 112 valence electrons. The summed E-state index contributed by atoms with van der Waals surface area (Å²) >= 11 is 0. The minimum absolute atomic E-state index is 0.260. The van der Waals surface area contributed by atoms with E-state index in [-0.39, 0.29) is 11.7 Å². The van der Waals surface area contributed by atoms with Crippen molar-refractivity contribution in [2.24, 2.45) is 0 Å². The van der Waals surface area contributed by atoms with Crippen LogP contribution in [0.2, 0.25) is 0 Å². The second-order valence-corrected chi connectivity index (χ2v) is 5.16. The number of methoxy groups -OCH3 is 1. The van der Waals surface area contributed by atoms with Gasteiger partial charge in [0.2, 0.25) is 0 Å². The van der Waals surface area contributed by atoms with Gasteiger partial charge in [-0.3, -0.25) is 4.90 Å². The van der Waals surface area contributed by atoms with Crippen LogP contribution in [0.4, 0.5) is 0 Å². The molecule has 0 saturated carbocycles. The van der Waals surface area contributed by atoms with Crippen molar-refractivity contribution in [3.63, 3.8) is 0 Å². The van der Waals surface area contributed by atoms with Crippen LogP contribution in [0.3, 0.4) is 0 Å². The Kier molecular flexibility index (Phi) is 4.01. The van der Waals surface area contributed by atoms with E-state index in [0.29, 0.717) is 0 Å². The summed E-state index contributed by atoms with van der Waals surface area (Å²) in [6.45, 7) is 2.78. The van der Waals surface area contributed by atoms with Crippen molar-refractivity contribution in [1.29, 1.82) is 0 Å². The first-order valence-electron chi connectivity index (χ1n) is 7.01. The molecule has 0 spiro atoms. The van der Waals surface area contributed by atoms with E-state index in [0.717, 1.165) is 38.2 Å². The zero-order valence-corrected chi connectivity index (χ0v) is 11.9. The largest absolute Gasteiger partial charge is 0.468 e. The summed E-state index contributed by atoms with van der Waals surface area (Å²) in [6, 6.07) is 4.18. The number of hydrogen-bond donors (Lipinski definition) is 0. The Morgan fingerprint density at radius 2 is 2.29 bits per heavy atom. The molecule has 0 unspecified atom stereocenters. The number of hydrogen-bond acceptors (Lipinski definition) is 6. The van der Waals surface area contributed by atoms with Crippen LogP contribution >= 0.6 is 0 Å². The third-order valence-corrected chi connectivity index (χ3v) is 3.80. The summed E-state index contributed by atoms with van der Waals surface area (Å²) in [4.78, 5) is 13.7. The fraction of sp³-hybridized carbons (Fsp3) is 0.500. The van der Waals surface area contributed by atoms with Crippen LogP contribution < -0.4 is 0 Å². The van der Waals surface area contributed by atoms with E-state index in [1.165, 1.54) is 7.11 Å². The second kappa shape index (κ2) is 6.09. The third kappa shape index (κ3) is 3.13. The normalized spacial score (nSPS) is 17.0. The topological polar surface area (TPSA) is 73.4 Å². The standard InChI is InChI=1S/C14H18N4O3/c1-20-14(19)13-10-18(16-15-13)11-4-6-17(7-5-11)9-12-3-2-8-21-12/h2-3,8,10-11H,4-7,9H2,1H3. The number of rotatable bonds is 4. The molecule has 21 heavy (non-hydrogen) atoms. The van der Waals surface area contributed by atoms with Gasteiger partial charge in [0.05, 0.1) is 32.2 Å². The van der Waals surface area contributed by atoms with E-state index in [4.69, 9.17) is 4.42 Å². The molecule has 0 aliphatic carbocycles. The van der Waals surface area contributed by atoms with E-state index in [2.05, 4.69) is 19.9 Å². The minimum Gasteiger partial charge on any atom is -0.468 e. The number of piperidine rings is 1. The summed E-state index contributed by atoms with van der Waals surface area (Å²) < 4.78 is 11.8. The lowest BCUT2D eigenvalue weighted by Crippen LogP contribution is -2.34. The number of likely N-dealkylation sites (tertiary alicyclic amines) is 1. The van der Waals surface area contributed by atoms with Gasteiger partial charge in [-0.15, -0.1) is 5.10 Å². The van der Waals surface area contributed by atoms with Crippen LogP contribution in [0.5, 0.6) is 0 Å². The highest BCUT2D eigenvalue weighted by Crippen LogP contribution is 2.23. The van der Waals surface area contributed by atoms with Crippen molar-refractivity contribution in [3.8, 4) is 0 Å². The van der Waals surface area contributed by atoms with Crippen LogP contribution in [0.25, 0.3) is 0 Å². The van der Waals surface area contributed by atoms with Crippen molar-refractivity contribution in [2.75, 3.05) is 20.2 Å². The lowest BCUT2D eigenvalue weighted by atomic mass is 10.1. The molecule has 2 aromatic rings. The van der Waals surface area contributed by atoms with Gasteiger partial charge in [0.15, 0.2) is 5.69 Å². The molecule has 0 amide bonds. The SMILES string of the molecule is COC(=O)c1cn(C2CCN(Cc3ccco3)CC2)nn1. The molecule has 1 aliphatic rings. The van der Waals surface area contributed by atoms with Crippen LogP contribution in [0, 0.1) is 0 Å². The van der Waals surface area contributed by atoms with Crippen molar-refractivity contribution in [3.05, 3.63) is 36.0 Å². The van der Waals surface area contributed by atoms with Gasteiger partial charge in [-0.05, 0) is 25.0 Å². The number of carbonyl (C=O) groups excluding carboxylic acids is 1. The van der Waals surface area contributed by atoms with Crippen molar-refractivity contribution in [2.45, 2.75) is 25.4 Å². The second-order valence-electron chi connectivity index (χ2n) is 5.16. The first-order valence-corrected chi connectivity index (χ1v) is 7.01. The number of carbonyl (C=O) groups is 1. The summed E-state index contributed by atoms with van der Waals surface area (Å²) in [5.41, 5.74) is 0.260. The van der Waals surface area contributed by atoms with E-state index < -0.39 is 5.97 Å². The summed E-state index contributed by atoms with van der Waals surface area (Å²) in [5.74, 6) is 0.540. The molecule has 0 atom stereocenters. The molecule has 0 aromatic carbocycles. The highest BCUT2D eigenvalue weighted by molar-refractivity contribution is 5.86. The van der Waals surface area contributed by atoms with Crippen LogP contribution in [0.15, 0.2) is 29.0 Å². The molecule has 7 nitrogen and oxygen atoms in total. The van der Waals surface area contributed by atoms with Gasteiger partial charge in [-0.2, -0.15) is 0 Å². The molecular formula is C14H18N4O3. The van der Waals surface area contributed by atoms with E-state index in [1.807, 2.05) is 12.1 Å². The molecule has 1 saturated heterocycles. The molecule has 7 heteroatoms. The predicted octanol–water partition coefficient (Wildman–Crippen LogP) is 1.49. The van der Waals surface area contributed by atoms with Crippen molar-refractivity contribution < 1.29 is 13.9 Å². The molecule has 3 heterocycles. The summed E-state index contributed by atoms with van der Waals surface area (Å²) in [6.07, 6.45) is 5.32. The summed E-state index contributed by atoms with van der Waals surface area (Å²) in [5, 5.41) is 7.89. The number of furan rings is 1. The Bertz CT molecular complexity index is 585. The maximum Gasteiger partial charge on any atom is 0.360 e. The van der Waals surface area contributed by atoms with E-state index in [1.54, 1.807) is 17.1 Å². The molecule has 0 radical (unpaired) electrons. The zero-order chi connectivity index (χ0) is 14.7. The lowest BCUT2D eigenvalue weighted by molar-refractivity contribution is 0.0594. The van der Waals surface area contributed by atoms with Crippen LogP contribution in [0.1, 0.15) is 35.1 Å². The fourth-order valence-electron chi connectivity index (χ4n) is 2.62. The molecule has 0 N–H and O–H groups in total. The molecule has 3 rings (SSSR count). The molecule has 0 bridgehead atoms. The Balaban J connectivity index is 1.55. The highest BCUT2D eigenvalue weighted by Gasteiger charge is 2.23. The fourth-order valence-corrected chi connectivity index (χ4v) is 2.62. The van der Waals surface area contributed by atoms with Gasteiger partial charge in [0, 0.05) is 13.1 Å². The summed E-state index contributed by atoms with van der Waals surface area (Å²) in [7, 11) is 1.34. The maximum atomic E-state index is 11.4. The van der Waals surface area contributed by atoms with Gasteiger partial charge in [-0.1, -0.05) is 5.21 Å².